The van der Waals surface area contributed by atoms with Gasteiger partial charge in [-0.25, -0.2) is 13.8 Å². The number of anilines is 2. The number of fused-ring (bicyclic) bond motifs is 1. The van der Waals surface area contributed by atoms with Gasteiger partial charge in [-0.2, -0.15) is 4.40 Å². The van der Waals surface area contributed by atoms with Crippen LogP contribution < -0.4 is 10.2 Å². The van der Waals surface area contributed by atoms with E-state index in [2.05, 4.69) is 14.7 Å². The Labute approximate surface area is 125 Å². The lowest BCUT2D eigenvalue weighted by atomic mass is 10.3. The zero-order valence-electron chi connectivity index (χ0n) is 11.2. The molecule has 1 aliphatic rings. The van der Waals surface area contributed by atoms with E-state index >= 15 is 0 Å². The average molecular weight is 306 g/mol. The van der Waals surface area contributed by atoms with Gasteiger partial charge in [-0.15, -0.1) is 0 Å². The largest absolute Gasteiger partial charge is 0.324 e. The first kappa shape index (κ1) is 13.8. The van der Waals surface area contributed by atoms with Crippen LogP contribution in [0.5, 0.6) is 0 Å². The van der Waals surface area contributed by atoms with Crippen LogP contribution in [0.25, 0.3) is 0 Å². The molecule has 108 valence electrons. The third-order valence-corrected chi connectivity index (χ3v) is 3.84. The first-order chi connectivity index (χ1) is 10.2. The number of hydrogen-bond donors (Lipinski definition) is 1. The molecule has 1 aliphatic heterocycles. The van der Waals surface area contributed by atoms with Crippen molar-refractivity contribution in [2.45, 2.75) is 11.8 Å². The Balaban J connectivity index is 1.93. The Morgan fingerprint density at radius 2 is 2.14 bits per heavy atom. The van der Waals surface area contributed by atoms with E-state index in [-0.39, 0.29) is 4.90 Å². The van der Waals surface area contributed by atoms with Crippen LogP contribution >= 0.6 is 11.9 Å². The van der Waals surface area contributed by atoms with Crippen LogP contribution in [0.15, 0.2) is 45.8 Å². The molecule has 21 heavy (non-hydrogen) atoms. The molecule has 0 spiro atoms. The van der Waals surface area contributed by atoms with Crippen LogP contribution in [0.2, 0.25) is 0 Å². The van der Waals surface area contributed by atoms with E-state index in [0.717, 1.165) is 18.0 Å². The molecule has 1 aromatic carbocycles. The summed E-state index contributed by atoms with van der Waals surface area (Å²) in [5, 5.41) is 2.96. The maximum atomic E-state index is 13.7. The minimum atomic E-state index is -0.624. The number of nitrogens with zero attached hydrogens (tertiary/aromatic N) is 3. The summed E-state index contributed by atoms with van der Waals surface area (Å²) in [4.78, 5) is 6.39. The topological polar surface area (TPSA) is 40.5 Å². The van der Waals surface area contributed by atoms with Crippen LogP contribution in [-0.4, -0.2) is 17.5 Å². The summed E-state index contributed by atoms with van der Waals surface area (Å²) in [6.45, 7) is 2.57. The molecule has 0 unspecified atom stereocenters. The summed E-state index contributed by atoms with van der Waals surface area (Å²) in [7, 11) is 0. The van der Waals surface area contributed by atoms with Crippen molar-refractivity contribution in [1.29, 1.82) is 0 Å². The number of guanidine groups is 1. The second-order valence-corrected chi connectivity index (χ2v) is 5.10. The third kappa shape index (κ3) is 2.69. The maximum absolute atomic E-state index is 13.7. The number of hydrogen-bond acceptors (Lipinski definition) is 5. The van der Waals surface area contributed by atoms with Gasteiger partial charge in [-0.3, -0.25) is 4.90 Å². The van der Waals surface area contributed by atoms with Crippen molar-refractivity contribution in [1.82, 2.24) is 4.98 Å². The van der Waals surface area contributed by atoms with Crippen molar-refractivity contribution in [2.24, 2.45) is 4.40 Å². The molecule has 0 saturated heterocycles. The molecular formula is C14H12F2N4S. The molecule has 0 saturated carbocycles. The number of pyridine rings is 1. The van der Waals surface area contributed by atoms with E-state index in [1.165, 1.54) is 6.07 Å². The minimum Gasteiger partial charge on any atom is -0.324 e. The van der Waals surface area contributed by atoms with E-state index in [1.807, 2.05) is 30.0 Å². The number of nitrogens with one attached hydrogen (secondary N) is 1. The standard InChI is InChI=1S/C14H12F2N4S/c1-2-20(12-5-3-4-6-17-12)14-18-11-8-9(15)7-10(16)13(11)21-19-14/h3-8H,2H2,1H3,(H,18,19). The van der Waals surface area contributed by atoms with Crippen molar-refractivity contribution in [3.63, 3.8) is 0 Å². The van der Waals surface area contributed by atoms with Gasteiger partial charge in [0.1, 0.15) is 17.5 Å². The molecule has 1 N–H and O–H groups in total. The highest BCUT2D eigenvalue weighted by Gasteiger charge is 2.22. The Bertz CT molecular complexity index is 691. The lowest BCUT2D eigenvalue weighted by molar-refractivity contribution is 0.567. The molecule has 0 aliphatic carbocycles. The fourth-order valence-corrected chi connectivity index (χ4v) is 2.70. The smallest absolute Gasteiger partial charge is 0.216 e. The van der Waals surface area contributed by atoms with E-state index in [4.69, 9.17) is 0 Å². The molecule has 4 nitrogen and oxygen atoms in total. The van der Waals surface area contributed by atoms with Gasteiger partial charge >= 0.3 is 0 Å². The molecular weight excluding hydrogens is 294 g/mol. The SMILES string of the molecule is CCN(C1=NSc2c(F)cc(F)cc2N1)c1ccccn1. The molecule has 3 rings (SSSR count). The normalized spacial score (nSPS) is 13.2. The first-order valence-corrected chi connectivity index (χ1v) is 7.16. The van der Waals surface area contributed by atoms with Gasteiger partial charge in [0.05, 0.1) is 10.6 Å². The van der Waals surface area contributed by atoms with E-state index in [9.17, 15) is 8.78 Å². The highest BCUT2D eigenvalue weighted by atomic mass is 32.2. The summed E-state index contributed by atoms with van der Waals surface area (Å²) in [6, 6.07) is 7.65. The lowest BCUT2D eigenvalue weighted by Gasteiger charge is -2.27. The van der Waals surface area contributed by atoms with Gasteiger partial charge < -0.3 is 5.32 Å². The second kappa shape index (κ2) is 5.69. The van der Waals surface area contributed by atoms with Gasteiger partial charge in [0.2, 0.25) is 5.96 Å². The van der Waals surface area contributed by atoms with Crippen LogP contribution in [0.3, 0.4) is 0 Å². The second-order valence-electron chi connectivity index (χ2n) is 4.33. The quantitative estimate of drug-likeness (QED) is 0.859. The number of rotatable bonds is 2. The van der Waals surface area contributed by atoms with Crippen molar-refractivity contribution < 1.29 is 8.78 Å². The van der Waals surface area contributed by atoms with Gasteiger partial charge in [0.25, 0.3) is 0 Å². The molecule has 0 bridgehead atoms. The van der Waals surface area contributed by atoms with Gasteiger partial charge in [0, 0.05) is 30.8 Å². The number of halogens is 2. The fourth-order valence-electron chi connectivity index (χ4n) is 2.03. The summed E-state index contributed by atoms with van der Waals surface area (Å²) >= 11 is 0.985. The van der Waals surface area contributed by atoms with E-state index in [0.29, 0.717) is 24.0 Å². The zero-order chi connectivity index (χ0) is 14.8. The van der Waals surface area contributed by atoms with Crippen molar-refractivity contribution in [3.05, 3.63) is 48.2 Å². The molecule has 0 fully saturated rings. The van der Waals surface area contributed by atoms with Crippen molar-refractivity contribution in [2.75, 3.05) is 16.8 Å². The Morgan fingerprint density at radius 1 is 1.29 bits per heavy atom. The predicted molar refractivity (Wildman–Crippen MR) is 80.5 cm³/mol. The van der Waals surface area contributed by atoms with Crippen LogP contribution in [-0.2, 0) is 0 Å². The molecule has 0 atom stereocenters. The molecule has 2 heterocycles. The fraction of sp³-hybridized carbons (Fsp3) is 0.143. The van der Waals surface area contributed by atoms with Crippen LogP contribution in [0, 0.1) is 11.6 Å². The summed E-state index contributed by atoms with van der Waals surface area (Å²) in [5.41, 5.74) is 0.372. The summed E-state index contributed by atoms with van der Waals surface area (Å²) in [6.07, 6.45) is 1.68. The molecule has 0 radical (unpaired) electrons. The highest BCUT2D eigenvalue weighted by molar-refractivity contribution is 7.98. The number of benzene rings is 1. The van der Waals surface area contributed by atoms with E-state index < -0.39 is 11.6 Å². The van der Waals surface area contributed by atoms with Crippen molar-refractivity contribution >= 4 is 29.4 Å². The Kier molecular flexibility index (Phi) is 3.74. The maximum Gasteiger partial charge on any atom is 0.216 e. The van der Waals surface area contributed by atoms with E-state index in [1.54, 1.807) is 6.20 Å². The Hall–Kier alpha value is -2.15. The average Bonchev–Trinajstić information content (AvgIpc) is 2.48. The minimum absolute atomic E-state index is 0.289. The van der Waals surface area contributed by atoms with Crippen LogP contribution in [0.1, 0.15) is 6.92 Å². The van der Waals surface area contributed by atoms with Crippen LogP contribution in [0.4, 0.5) is 20.3 Å². The molecule has 0 amide bonds. The number of aromatic nitrogens is 1. The van der Waals surface area contributed by atoms with Gasteiger partial charge in [-0.05, 0) is 25.1 Å². The predicted octanol–water partition coefficient (Wildman–Crippen LogP) is 3.67. The van der Waals surface area contributed by atoms with Gasteiger partial charge in [0.15, 0.2) is 0 Å². The van der Waals surface area contributed by atoms with Gasteiger partial charge in [-0.1, -0.05) is 6.07 Å². The summed E-state index contributed by atoms with van der Waals surface area (Å²) in [5.74, 6) is -0.0291. The first-order valence-electron chi connectivity index (χ1n) is 6.38. The summed E-state index contributed by atoms with van der Waals surface area (Å²) < 4.78 is 31.3. The molecule has 2 aromatic rings. The zero-order valence-corrected chi connectivity index (χ0v) is 12.0. The Morgan fingerprint density at radius 3 is 2.86 bits per heavy atom. The van der Waals surface area contributed by atoms with Crippen molar-refractivity contribution in [3.8, 4) is 0 Å². The molecule has 7 heteroatoms. The highest BCUT2D eigenvalue weighted by Crippen LogP contribution is 2.35. The third-order valence-electron chi connectivity index (χ3n) is 2.98. The molecule has 1 aromatic heterocycles. The monoisotopic (exact) mass is 306 g/mol. The lowest BCUT2D eigenvalue weighted by Crippen LogP contribution is -2.37.